The van der Waals surface area contributed by atoms with Gasteiger partial charge in [-0.3, -0.25) is 4.79 Å². The van der Waals surface area contributed by atoms with Crippen LogP contribution in [0.2, 0.25) is 0 Å². The van der Waals surface area contributed by atoms with E-state index in [2.05, 4.69) is 0 Å². The van der Waals surface area contributed by atoms with Gasteiger partial charge in [-0.05, 0) is 12.1 Å². The molecule has 1 aromatic rings. The van der Waals surface area contributed by atoms with Crippen molar-refractivity contribution in [3.05, 3.63) is 23.8 Å². The lowest BCUT2D eigenvalue weighted by Gasteiger charge is -2.26. The van der Waals surface area contributed by atoms with Gasteiger partial charge in [-0.15, -0.1) is 0 Å². The van der Waals surface area contributed by atoms with Gasteiger partial charge in [0.05, 0.1) is 11.3 Å². The molecule has 0 saturated heterocycles. The molecule has 18 heavy (non-hydrogen) atoms. The standard InChI is InChI=1S/C12H16O5S/c1-12(2,7-10(14)15)11-8(13)5-4-6-9(11)18(3,16)17/h4-6,13H,7H2,1-3H3,(H,14,15). The molecule has 0 fully saturated rings. The van der Waals surface area contributed by atoms with E-state index in [0.717, 1.165) is 6.26 Å². The van der Waals surface area contributed by atoms with Crippen molar-refractivity contribution < 1.29 is 23.4 Å². The maximum Gasteiger partial charge on any atom is 0.304 e. The number of phenolic OH excluding ortho intramolecular Hbond substituents is 1. The summed E-state index contributed by atoms with van der Waals surface area (Å²) < 4.78 is 23.4. The third-order valence-electron chi connectivity index (χ3n) is 2.67. The number of aromatic hydroxyl groups is 1. The second-order valence-electron chi connectivity index (χ2n) is 4.88. The van der Waals surface area contributed by atoms with E-state index in [9.17, 15) is 18.3 Å². The molecular formula is C12H16O5S. The van der Waals surface area contributed by atoms with Crippen LogP contribution in [0.3, 0.4) is 0 Å². The molecule has 0 heterocycles. The van der Waals surface area contributed by atoms with Crippen molar-refractivity contribution in [3.63, 3.8) is 0 Å². The lowest BCUT2D eigenvalue weighted by Crippen LogP contribution is -2.24. The molecule has 0 aliphatic heterocycles. The smallest absolute Gasteiger partial charge is 0.304 e. The lowest BCUT2D eigenvalue weighted by atomic mass is 9.81. The summed E-state index contributed by atoms with van der Waals surface area (Å²) in [5.74, 6) is -1.26. The number of sulfone groups is 1. The molecule has 0 atom stereocenters. The predicted octanol–water partition coefficient (Wildman–Crippen LogP) is 1.55. The Morgan fingerprint density at radius 1 is 1.33 bits per heavy atom. The van der Waals surface area contributed by atoms with Crippen LogP contribution in [0.5, 0.6) is 5.75 Å². The molecule has 0 unspecified atom stereocenters. The zero-order valence-electron chi connectivity index (χ0n) is 10.5. The molecule has 0 aromatic heterocycles. The minimum absolute atomic E-state index is 0.0336. The number of hydrogen-bond acceptors (Lipinski definition) is 4. The van der Waals surface area contributed by atoms with Crippen LogP contribution in [0.15, 0.2) is 23.1 Å². The average molecular weight is 272 g/mol. The quantitative estimate of drug-likeness (QED) is 0.867. The van der Waals surface area contributed by atoms with Crippen LogP contribution in [0.1, 0.15) is 25.8 Å². The second kappa shape index (κ2) is 4.61. The van der Waals surface area contributed by atoms with E-state index in [1.54, 1.807) is 13.8 Å². The van der Waals surface area contributed by atoms with Gasteiger partial charge in [0.25, 0.3) is 0 Å². The molecule has 0 radical (unpaired) electrons. The molecule has 100 valence electrons. The molecule has 6 heteroatoms. The van der Waals surface area contributed by atoms with Crippen molar-refractivity contribution in [2.75, 3.05) is 6.26 Å². The van der Waals surface area contributed by atoms with Crippen molar-refractivity contribution in [2.45, 2.75) is 30.6 Å². The fourth-order valence-electron chi connectivity index (χ4n) is 1.98. The topological polar surface area (TPSA) is 91.7 Å². The molecular weight excluding hydrogens is 256 g/mol. The Kier molecular flexibility index (Phi) is 3.71. The van der Waals surface area contributed by atoms with E-state index >= 15 is 0 Å². The molecule has 5 nitrogen and oxygen atoms in total. The maximum absolute atomic E-state index is 11.7. The van der Waals surface area contributed by atoms with Gasteiger partial charge >= 0.3 is 5.97 Å². The minimum atomic E-state index is -3.53. The summed E-state index contributed by atoms with van der Waals surface area (Å²) in [5.41, 5.74) is -0.829. The Morgan fingerprint density at radius 2 is 1.89 bits per heavy atom. The van der Waals surface area contributed by atoms with Gasteiger partial charge in [0.15, 0.2) is 9.84 Å². The van der Waals surface area contributed by atoms with E-state index in [-0.39, 0.29) is 22.6 Å². The number of aliphatic carboxylic acids is 1. The summed E-state index contributed by atoms with van der Waals surface area (Å²) in [6.45, 7) is 3.18. The zero-order valence-corrected chi connectivity index (χ0v) is 11.3. The van der Waals surface area contributed by atoms with Crippen molar-refractivity contribution >= 4 is 15.8 Å². The number of rotatable bonds is 4. The van der Waals surface area contributed by atoms with Crippen molar-refractivity contribution in [2.24, 2.45) is 0 Å². The van der Waals surface area contributed by atoms with Crippen LogP contribution in [-0.2, 0) is 20.0 Å². The van der Waals surface area contributed by atoms with Gasteiger partial charge in [0.2, 0.25) is 0 Å². The number of phenols is 1. The monoisotopic (exact) mass is 272 g/mol. The molecule has 0 bridgehead atoms. The van der Waals surface area contributed by atoms with E-state index in [0.29, 0.717) is 0 Å². The number of benzene rings is 1. The SMILES string of the molecule is CC(C)(CC(=O)O)c1c(O)cccc1S(C)(=O)=O. The highest BCUT2D eigenvalue weighted by atomic mass is 32.2. The van der Waals surface area contributed by atoms with Crippen LogP contribution in [0.25, 0.3) is 0 Å². The van der Waals surface area contributed by atoms with Gasteiger partial charge in [-0.1, -0.05) is 19.9 Å². The average Bonchev–Trinajstić information content (AvgIpc) is 2.13. The molecule has 1 rings (SSSR count). The molecule has 0 aliphatic carbocycles. The number of carbonyl (C=O) groups is 1. The summed E-state index contributed by atoms with van der Waals surface area (Å²) in [6, 6.07) is 4.15. The van der Waals surface area contributed by atoms with Crippen LogP contribution in [-0.4, -0.2) is 30.9 Å². The largest absolute Gasteiger partial charge is 0.508 e. The summed E-state index contributed by atoms with van der Waals surface area (Å²) in [4.78, 5) is 10.8. The summed E-state index contributed by atoms with van der Waals surface area (Å²) in [7, 11) is -3.53. The van der Waals surface area contributed by atoms with Gasteiger partial charge in [0, 0.05) is 17.2 Å². The summed E-state index contributed by atoms with van der Waals surface area (Å²) in [5, 5.41) is 18.7. The van der Waals surface area contributed by atoms with E-state index in [1.165, 1.54) is 18.2 Å². The van der Waals surface area contributed by atoms with Crippen molar-refractivity contribution in [1.29, 1.82) is 0 Å². The first-order valence-corrected chi connectivity index (χ1v) is 7.19. The Bertz CT molecular complexity index is 572. The summed E-state index contributed by atoms with van der Waals surface area (Å²) in [6.07, 6.45) is 0.759. The first kappa shape index (κ1) is 14.5. The van der Waals surface area contributed by atoms with Crippen molar-refractivity contribution in [1.82, 2.24) is 0 Å². The third-order valence-corrected chi connectivity index (χ3v) is 3.81. The number of carboxylic acid groups (broad SMARTS) is 1. The van der Waals surface area contributed by atoms with Crippen LogP contribution >= 0.6 is 0 Å². The van der Waals surface area contributed by atoms with Gasteiger partial charge in [-0.2, -0.15) is 0 Å². The molecule has 0 saturated carbocycles. The fraction of sp³-hybridized carbons (Fsp3) is 0.417. The predicted molar refractivity (Wildman–Crippen MR) is 66.5 cm³/mol. The molecule has 2 N–H and O–H groups in total. The van der Waals surface area contributed by atoms with Crippen LogP contribution in [0.4, 0.5) is 0 Å². The Morgan fingerprint density at radius 3 is 2.33 bits per heavy atom. The molecule has 0 amide bonds. The van der Waals surface area contributed by atoms with Crippen LogP contribution < -0.4 is 0 Å². The van der Waals surface area contributed by atoms with Gasteiger partial charge in [0.1, 0.15) is 5.75 Å². The third kappa shape index (κ3) is 3.01. The van der Waals surface area contributed by atoms with E-state index < -0.39 is 21.2 Å². The van der Waals surface area contributed by atoms with E-state index in [4.69, 9.17) is 5.11 Å². The number of carboxylic acids is 1. The highest BCUT2D eigenvalue weighted by molar-refractivity contribution is 7.90. The van der Waals surface area contributed by atoms with E-state index in [1.807, 2.05) is 0 Å². The fourth-order valence-corrected chi connectivity index (χ4v) is 3.05. The maximum atomic E-state index is 11.7. The van der Waals surface area contributed by atoms with Crippen molar-refractivity contribution in [3.8, 4) is 5.75 Å². The second-order valence-corrected chi connectivity index (χ2v) is 6.86. The highest BCUT2D eigenvalue weighted by Gasteiger charge is 2.32. The van der Waals surface area contributed by atoms with Gasteiger partial charge < -0.3 is 10.2 Å². The first-order chi connectivity index (χ1) is 8.05. The molecule has 1 aromatic carbocycles. The zero-order chi connectivity index (χ0) is 14.1. The lowest BCUT2D eigenvalue weighted by molar-refractivity contribution is -0.138. The molecule has 0 aliphatic rings. The first-order valence-electron chi connectivity index (χ1n) is 5.30. The Labute approximate surface area is 106 Å². The molecule has 0 spiro atoms. The normalized spacial score (nSPS) is 12.4. The van der Waals surface area contributed by atoms with Gasteiger partial charge in [-0.25, -0.2) is 8.42 Å². The van der Waals surface area contributed by atoms with Crippen LogP contribution in [0, 0.1) is 0 Å². The Balaban J connectivity index is 3.53. The Hall–Kier alpha value is -1.56. The highest BCUT2D eigenvalue weighted by Crippen LogP contribution is 2.38. The minimum Gasteiger partial charge on any atom is -0.508 e. The summed E-state index contributed by atoms with van der Waals surface area (Å²) >= 11 is 0. The number of hydrogen-bond donors (Lipinski definition) is 2.